The molecular formula is C7H11NO2. The number of carboxylic acid groups (broad SMARTS) is 1. The summed E-state index contributed by atoms with van der Waals surface area (Å²) in [7, 11) is 0. The maximum atomic E-state index is 10.2. The van der Waals surface area contributed by atoms with Gasteiger partial charge < -0.3 is 10.8 Å². The zero-order valence-electron chi connectivity index (χ0n) is 5.92. The van der Waals surface area contributed by atoms with E-state index in [2.05, 4.69) is 6.58 Å². The lowest BCUT2D eigenvalue weighted by Gasteiger charge is -1.98. The Kier molecular flexibility index (Phi) is 3.25. The minimum atomic E-state index is -0.973. The van der Waals surface area contributed by atoms with Crippen molar-refractivity contribution >= 4 is 5.97 Å². The maximum Gasteiger partial charge on any atom is 0.333 e. The molecule has 0 amide bonds. The summed E-state index contributed by atoms with van der Waals surface area (Å²) in [6.45, 7) is 4.91. The molecule has 0 bridgehead atoms. The lowest BCUT2D eigenvalue weighted by molar-refractivity contribution is -0.132. The van der Waals surface area contributed by atoms with Crippen LogP contribution in [0.2, 0.25) is 0 Å². The van der Waals surface area contributed by atoms with Gasteiger partial charge in [-0.2, -0.15) is 0 Å². The van der Waals surface area contributed by atoms with Crippen molar-refractivity contribution in [2.24, 2.45) is 5.73 Å². The van der Waals surface area contributed by atoms with Gasteiger partial charge in [-0.1, -0.05) is 6.08 Å². The molecule has 0 aliphatic heterocycles. The molecule has 0 saturated carbocycles. The van der Waals surface area contributed by atoms with Crippen LogP contribution in [0, 0.1) is 0 Å². The molecular weight excluding hydrogens is 130 g/mol. The first kappa shape index (κ1) is 8.75. The van der Waals surface area contributed by atoms with Crippen molar-refractivity contribution in [1.82, 2.24) is 0 Å². The van der Waals surface area contributed by atoms with E-state index < -0.39 is 5.97 Å². The monoisotopic (exact) mass is 141 g/mol. The number of hydrogen-bond donors (Lipinski definition) is 2. The van der Waals surface area contributed by atoms with Crippen molar-refractivity contribution in [3.8, 4) is 0 Å². The van der Waals surface area contributed by atoms with E-state index in [-0.39, 0.29) is 5.57 Å². The largest absolute Gasteiger partial charge is 0.478 e. The Morgan fingerprint density at radius 3 is 2.60 bits per heavy atom. The van der Waals surface area contributed by atoms with Crippen molar-refractivity contribution < 1.29 is 9.90 Å². The predicted molar refractivity (Wildman–Crippen MR) is 39.3 cm³/mol. The maximum absolute atomic E-state index is 10.2. The molecule has 0 radical (unpaired) electrons. The van der Waals surface area contributed by atoms with Crippen LogP contribution in [0.3, 0.4) is 0 Å². The summed E-state index contributed by atoms with van der Waals surface area (Å²) in [6.07, 6.45) is 2.00. The lowest BCUT2D eigenvalue weighted by Crippen LogP contribution is -2.07. The van der Waals surface area contributed by atoms with Gasteiger partial charge in [-0.3, -0.25) is 0 Å². The number of carboxylic acids is 1. The van der Waals surface area contributed by atoms with Crippen LogP contribution in [0.1, 0.15) is 13.3 Å². The van der Waals surface area contributed by atoms with Gasteiger partial charge in [-0.05, 0) is 6.92 Å². The van der Waals surface area contributed by atoms with Crippen LogP contribution < -0.4 is 5.73 Å². The Hall–Kier alpha value is -1.25. The smallest absolute Gasteiger partial charge is 0.333 e. The van der Waals surface area contributed by atoms with E-state index in [0.29, 0.717) is 12.1 Å². The van der Waals surface area contributed by atoms with E-state index in [1.54, 1.807) is 6.08 Å². The van der Waals surface area contributed by atoms with Gasteiger partial charge in [0.05, 0.1) is 5.57 Å². The number of nitrogens with two attached hydrogens (primary N) is 1. The molecule has 0 heterocycles. The Labute approximate surface area is 59.8 Å². The van der Waals surface area contributed by atoms with Gasteiger partial charge in [0.25, 0.3) is 0 Å². The van der Waals surface area contributed by atoms with Crippen LogP contribution in [0.25, 0.3) is 0 Å². The van der Waals surface area contributed by atoms with E-state index >= 15 is 0 Å². The van der Waals surface area contributed by atoms with Crippen LogP contribution in [0.4, 0.5) is 0 Å². The molecule has 0 aromatic carbocycles. The summed E-state index contributed by atoms with van der Waals surface area (Å²) < 4.78 is 0. The van der Waals surface area contributed by atoms with Crippen LogP contribution in [-0.4, -0.2) is 11.1 Å². The fourth-order valence-electron chi connectivity index (χ4n) is 0.446. The van der Waals surface area contributed by atoms with E-state index in [1.165, 1.54) is 6.92 Å². The molecule has 0 fully saturated rings. The summed E-state index contributed by atoms with van der Waals surface area (Å²) in [6, 6.07) is 0. The van der Waals surface area contributed by atoms with Crippen LogP contribution >= 0.6 is 0 Å². The number of rotatable bonds is 3. The van der Waals surface area contributed by atoms with Gasteiger partial charge in [0.1, 0.15) is 0 Å². The van der Waals surface area contributed by atoms with Crippen molar-refractivity contribution in [2.75, 3.05) is 0 Å². The molecule has 56 valence electrons. The van der Waals surface area contributed by atoms with Gasteiger partial charge in [0.2, 0.25) is 0 Å². The first-order chi connectivity index (χ1) is 4.59. The fourth-order valence-corrected chi connectivity index (χ4v) is 0.446. The number of allylic oxidation sites excluding steroid dienone is 1. The summed E-state index contributed by atoms with van der Waals surface area (Å²) in [5, 5.41) is 8.41. The first-order valence-electron chi connectivity index (χ1n) is 2.89. The quantitative estimate of drug-likeness (QED) is 0.453. The molecule has 0 aliphatic rings. The van der Waals surface area contributed by atoms with Crippen molar-refractivity contribution in [1.29, 1.82) is 0 Å². The van der Waals surface area contributed by atoms with Crippen molar-refractivity contribution in [3.05, 3.63) is 23.9 Å². The molecule has 0 saturated heterocycles. The van der Waals surface area contributed by atoms with E-state index in [1.807, 2.05) is 0 Å². The highest BCUT2D eigenvalue weighted by atomic mass is 16.4. The number of carbonyl (C=O) groups is 1. The van der Waals surface area contributed by atoms with Crippen LogP contribution in [-0.2, 0) is 4.79 Å². The topological polar surface area (TPSA) is 63.3 Å². The summed E-state index contributed by atoms with van der Waals surface area (Å²) in [5.74, 6) is -0.973. The minimum Gasteiger partial charge on any atom is -0.478 e. The van der Waals surface area contributed by atoms with Gasteiger partial charge >= 0.3 is 5.97 Å². The Morgan fingerprint density at radius 1 is 1.80 bits per heavy atom. The zero-order valence-corrected chi connectivity index (χ0v) is 5.92. The average molecular weight is 141 g/mol. The minimum absolute atomic E-state index is 0.194. The van der Waals surface area contributed by atoms with Crippen LogP contribution in [0.5, 0.6) is 0 Å². The molecule has 3 N–H and O–H groups in total. The van der Waals surface area contributed by atoms with Gasteiger partial charge in [0.15, 0.2) is 0 Å². The van der Waals surface area contributed by atoms with Crippen molar-refractivity contribution in [3.63, 3.8) is 0 Å². The summed E-state index contributed by atoms with van der Waals surface area (Å²) in [5.41, 5.74) is 5.91. The summed E-state index contributed by atoms with van der Waals surface area (Å²) >= 11 is 0. The highest BCUT2D eigenvalue weighted by Crippen LogP contribution is 2.01. The van der Waals surface area contributed by atoms with Gasteiger partial charge in [-0.25, -0.2) is 4.79 Å². The second-order valence-corrected chi connectivity index (χ2v) is 1.95. The van der Waals surface area contributed by atoms with Crippen LogP contribution in [0.15, 0.2) is 23.9 Å². The molecule has 3 heteroatoms. The number of hydrogen-bond acceptors (Lipinski definition) is 2. The molecule has 10 heavy (non-hydrogen) atoms. The summed E-state index contributed by atoms with van der Waals surface area (Å²) in [4.78, 5) is 10.2. The lowest BCUT2D eigenvalue weighted by atomic mass is 10.2. The third kappa shape index (κ3) is 2.35. The third-order valence-corrected chi connectivity index (χ3v) is 1.17. The SMILES string of the molecule is C=CC/C(N)=C(/C)C(=O)O. The molecule has 0 aliphatic carbocycles. The molecule has 0 atom stereocenters. The Morgan fingerprint density at radius 2 is 2.30 bits per heavy atom. The van der Waals surface area contributed by atoms with E-state index in [0.717, 1.165) is 0 Å². The molecule has 0 spiro atoms. The molecule has 0 unspecified atom stereocenters. The molecule has 0 aromatic rings. The highest BCUT2D eigenvalue weighted by Gasteiger charge is 2.03. The standard InChI is InChI=1S/C7H11NO2/c1-3-4-6(8)5(2)7(9)10/h3H,1,4,8H2,2H3,(H,9,10)/b6-5+. The molecule has 3 nitrogen and oxygen atoms in total. The normalized spacial score (nSPS) is 12.1. The van der Waals surface area contributed by atoms with Gasteiger partial charge in [-0.15, -0.1) is 6.58 Å². The Balaban J connectivity index is 4.33. The highest BCUT2D eigenvalue weighted by molar-refractivity contribution is 5.86. The fraction of sp³-hybridized carbons (Fsp3) is 0.286. The third-order valence-electron chi connectivity index (χ3n) is 1.17. The predicted octanol–water partition coefficient (Wildman–Crippen LogP) is 0.880. The second-order valence-electron chi connectivity index (χ2n) is 1.95. The average Bonchev–Trinajstić information content (AvgIpc) is 1.87. The van der Waals surface area contributed by atoms with Crippen molar-refractivity contribution in [2.45, 2.75) is 13.3 Å². The Bertz CT molecular complexity index is 182. The number of aliphatic carboxylic acids is 1. The first-order valence-corrected chi connectivity index (χ1v) is 2.89. The van der Waals surface area contributed by atoms with E-state index in [4.69, 9.17) is 10.8 Å². The second kappa shape index (κ2) is 3.71. The van der Waals surface area contributed by atoms with Gasteiger partial charge in [0, 0.05) is 12.1 Å². The zero-order chi connectivity index (χ0) is 8.15. The molecule has 0 aromatic heterocycles. The van der Waals surface area contributed by atoms with E-state index in [9.17, 15) is 4.79 Å². The molecule has 0 rings (SSSR count).